The molecule has 21 heavy (non-hydrogen) atoms. The molecule has 7 nitrogen and oxygen atoms in total. The summed E-state index contributed by atoms with van der Waals surface area (Å²) in [5.41, 5.74) is 5.19. The summed E-state index contributed by atoms with van der Waals surface area (Å²) in [6, 6.07) is -0.0756. The Balaban J connectivity index is 1.85. The van der Waals surface area contributed by atoms with Crippen LogP contribution in [-0.4, -0.2) is 74.7 Å². The monoisotopic (exact) mass is 319 g/mol. The molecule has 0 saturated carbocycles. The number of rotatable bonds is 4. The first-order valence-electron chi connectivity index (χ1n) is 7.30. The molecule has 2 aliphatic rings. The SMILES string of the molecule is CC(N)C1CN(CC(=O)NC2(C)CCS(=O)(=O)C2)CCO1. The molecule has 0 aromatic carbocycles. The quantitative estimate of drug-likeness (QED) is 0.670. The highest BCUT2D eigenvalue weighted by atomic mass is 32.2. The lowest BCUT2D eigenvalue weighted by Gasteiger charge is -2.35. The van der Waals surface area contributed by atoms with Crippen LogP contribution in [0.2, 0.25) is 0 Å². The fourth-order valence-corrected chi connectivity index (χ4v) is 4.97. The molecule has 2 saturated heterocycles. The maximum Gasteiger partial charge on any atom is 0.234 e. The molecule has 2 fully saturated rings. The fourth-order valence-electron chi connectivity index (χ4n) is 2.88. The molecule has 0 aromatic heterocycles. The minimum Gasteiger partial charge on any atom is -0.374 e. The van der Waals surface area contributed by atoms with Gasteiger partial charge in [-0.15, -0.1) is 0 Å². The molecule has 8 heteroatoms. The first kappa shape index (κ1) is 16.7. The summed E-state index contributed by atoms with van der Waals surface area (Å²) in [7, 11) is -3.02. The summed E-state index contributed by atoms with van der Waals surface area (Å²) in [5, 5.41) is 2.87. The smallest absolute Gasteiger partial charge is 0.234 e. The largest absolute Gasteiger partial charge is 0.374 e. The third-order valence-corrected chi connectivity index (χ3v) is 5.98. The average molecular weight is 319 g/mol. The van der Waals surface area contributed by atoms with E-state index < -0.39 is 15.4 Å². The van der Waals surface area contributed by atoms with E-state index in [1.165, 1.54) is 0 Å². The Hall–Kier alpha value is -0.700. The number of ether oxygens (including phenoxy) is 1. The lowest BCUT2D eigenvalue weighted by Crippen LogP contribution is -2.54. The number of amides is 1. The van der Waals surface area contributed by atoms with Crippen LogP contribution in [0.5, 0.6) is 0 Å². The third kappa shape index (κ3) is 4.64. The minimum atomic E-state index is -3.02. The molecule has 2 aliphatic heterocycles. The van der Waals surface area contributed by atoms with Crippen LogP contribution in [-0.2, 0) is 19.4 Å². The van der Waals surface area contributed by atoms with Crippen LogP contribution in [0.15, 0.2) is 0 Å². The number of carbonyl (C=O) groups is 1. The van der Waals surface area contributed by atoms with Crippen molar-refractivity contribution in [2.45, 2.75) is 38.0 Å². The van der Waals surface area contributed by atoms with Gasteiger partial charge in [0.1, 0.15) is 0 Å². The molecule has 0 aliphatic carbocycles. The van der Waals surface area contributed by atoms with E-state index in [9.17, 15) is 13.2 Å². The molecule has 1 amide bonds. The van der Waals surface area contributed by atoms with E-state index in [1.54, 1.807) is 6.92 Å². The van der Waals surface area contributed by atoms with Crippen LogP contribution >= 0.6 is 0 Å². The van der Waals surface area contributed by atoms with Crippen molar-refractivity contribution in [2.75, 3.05) is 37.7 Å². The van der Waals surface area contributed by atoms with Gasteiger partial charge in [0, 0.05) is 19.1 Å². The zero-order valence-corrected chi connectivity index (χ0v) is 13.5. The number of nitrogens with zero attached hydrogens (tertiary/aromatic N) is 1. The van der Waals surface area contributed by atoms with Crippen molar-refractivity contribution in [3.8, 4) is 0 Å². The summed E-state index contributed by atoms with van der Waals surface area (Å²) >= 11 is 0. The standard InChI is InChI=1S/C13H25N3O4S/c1-10(14)11-7-16(4-5-20-11)8-12(17)15-13(2)3-6-21(18,19)9-13/h10-11H,3-9,14H2,1-2H3,(H,15,17). The fraction of sp³-hybridized carbons (Fsp3) is 0.923. The molecule has 3 N–H and O–H groups in total. The predicted octanol–water partition coefficient (Wildman–Crippen LogP) is -1.27. The van der Waals surface area contributed by atoms with Crippen molar-refractivity contribution in [3.05, 3.63) is 0 Å². The molecule has 122 valence electrons. The molecule has 3 unspecified atom stereocenters. The van der Waals surface area contributed by atoms with Crippen LogP contribution in [0.3, 0.4) is 0 Å². The number of carbonyl (C=O) groups excluding carboxylic acids is 1. The van der Waals surface area contributed by atoms with Gasteiger partial charge in [-0.25, -0.2) is 8.42 Å². The number of hydrogen-bond donors (Lipinski definition) is 2. The predicted molar refractivity (Wildman–Crippen MR) is 79.6 cm³/mol. The molecule has 0 aromatic rings. The van der Waals surface area contributed by atoms with Crippen molar-refractivity contribution in [1.29, 1.82) is 0 Å². The summed E-state index contributed by atoms with van der Waals surface area (Å²) in [5.74, 6) is 0.0331. The molecule has 0 bridgehead atoms. The van der Waals surface area contributed by atoms with Crippen LogP contribution < -0.4 is 11.1 Å². The Morgan fingerprint density at radius 2 is 2.29 bits per heavy atom. The van der Waals surface area contributed by atoms with Gasteiger partial charge in [-0.3, -0.25) is 9.69 Å². The summed E-state index contributed by atoms with van der Waals surface area (Å²) in [6.45, 7) is 5.80. The number of morpholine rings is 1. The van der Waals surface area contributed by atoms with E-state index in [4.69, 9.17) is 10.5 Å². The Morgan fingerprint density at radius 1 is 1.57 bits per heavy atom. The lowest BCUT2D eigenvalue weighted by atomic mass is 10.0. The maximum absolute atomic E-state index is 12.1. The second kappa shape index (κ2) is 6.20. The first-order valence-corrected chi connectivity index (χ1v) is 9.12. The highest BCUT2D eigenvalue weighted by molar-refractivity contribution is 7.91. The Labute approximate surface area is 126 Å². The number of sulfone groups is 1. The van der Waals surface area contributed by atoms with Crippen molar-refractivity contribution in [3.63, 3.8) is 0 Å². The number of hydrogen-bond acceptors (Lipinski definition) is 6. The molecule has 0 radical (unpaired) electrons. The summed E-state index contributed by atoms with van der Waals surface area (Å²) in [4.78, 5) is 14.1. The van der Waals surface area contributed by atoms with Gasteiger partial charge in [0.25, 0.3) is 0 Å². The second-order valence-corrected chi connectivity index (χ2v) is 8.64. The van der Waals surface area contributed by atoms with Crippen LogP contribution in [0, 0.1) is 0 Å². The Bertz CT molecular complexity index is 494. The highest BCUT2D eigenvalue weighted by Crippen LogP contribution is 2.22. The van der Waals surface area contributed by atoms with Crippen LogP contribution in [0.25, 0.3) is 0 Å². The summed E-state index contributed by atoms with van der Waals surface area (Å²) < 4.78 is 28.6. The number of nitrogens with two attached hydrogens (primary N) is 1. The Kier molecular flexibility index (Phi) is 4.92. The first-order chi connectivity index (χ1) is 9.69. The average Bonchev–Trinajstić information content (AvgIpc) is 2.63. The van der Waals surface area contributed by atoms with Gasteiger partial charge in [0.15, 0.2) is 9.84 Å². The van der Waals surface area contributed by atoms with E-state index in [0.29, 0.717) is 26.1 Å². The van der Waals surface area contributed by atoms with Crippen molar-refractivity contribution in [2.24, 2.45) is 5.73 Å². The summed E-state index contributed by atoms with van der Waals surface area (Å²) in [6.07, 6.45) is 0.418. The van der Waals surface area contributed by atoms with E-state index in [-0.39, 0.29) is 36.1 Å². The van der Waals surface area contributed by atoms with E-state index in [1.807, 2.05) is 11.8 Å². The lowest BCUT2D eigenvalue weighted by molar-refractivity contribution is -0.126. The molecular formula is C13H25N3O4S. The van der Waals surface area contributed by atoms with E-state index >= 15 is 0 Å². The van der Waals surface area contributed by atoms with Crippen LogP contribution in [0.4, 0.5) is 0 Å². The molecular weight excluding hydrogens is 294 g/mol. The van der Waals surface area contributed by atoms with Gasteiger partial charge in [0.2, 0.25) is 5.91 Å². The number of nitrogens with one attached hydrogen (secondary N) is 1. The maximum atomic E-state index is 12.1. The zero-order valence-electron chi connectivity index (χ0n) is 12.7. The van der Waals surface area contributed by atoms with Gasteiger partial charge in [-0.05, 0) is 20.3 Å². The zero-order chi connectivity index (χ0) is 15.7. The topological polar surface area (TPSA) is 102 Å². The van der Waals surface area contributed by atoms with Crippen molar-refractivity contribution in [1.82, 2.24) is 10.2 Å². The highest BCUT2D eigenvalue weighted by Gasteiger charge is 2.39. The van der Waals surface area contributed by atoms with Gasteiger partial charge in [-0.1, -0.05) is 0 Å². The van der Waals surface area contributed by atoms with Crippen molar-refractivity contribution < 1.29 is 17.9 Å². The van der Waals surface area contributed by atoms with E-state index in [2.05, 4.69) is 5.32 Å². The molecule has 3 atom stereocenters. The molecule has 2 rings (SSSR count). The normalized spacial score (nSPS) is 34.5. The third-order valence-electron chi connectivity index (χ3n) is 4.08. The van der Waals surface area contributed by atoms with Crippen molar-refractivity contribution >= 4 is 15.7 Å². The van der Waals surface area contributed by atoms with Gasteiger partial charge >= 0.3 is 0 Å². The van der Waals surface area contributed by atoms with Gasteiger partial charge in [-0.2, -0.15) is 0 Å². The Morgan fingerprint density at radius 3 is 2.86 bits per heavy atom. The minimum absolute atomic E-state index is 0.0251. The van der Waals surface area contributed by atoms with Gasteiger partial charge < -0.3 is 15.8 Å². The molecule has 0 spiro atoms. The van der Waals surface area contributed by atoms with Gasteiger partial charge in [0.05, 0.1) is 36.3 Å². The molecule has 2 heterocycles. The van der Waals surface area contributed by atoms with Crippen LogP contribution in [0.1, 0.15) is 20.3 Å². The van der Waals surface area contributed by atoms with E-state index in [0.717, 1.165) is 0 Å². The second-order valence-electron chi connectivity index (χ2n) is 6.45.